The first-order valence-electron chi connectivity index (χ1n) is 6.04. The lowest BCUT2D eigenvalue weighted by atomic mass is 9.86. The summed E-state index contributed by atoms with van der Waals surface area (Å²) in [4.78, 5) is 4.60. The van der Waals surface area contributed by atoms with Gasteiger partial charge in [0.25, 0.3) is 0 Å². The quantitative estimate of drug-likeness (QED) is 0.690. The molecule has 0 amide bonds. The number of aliphatic imine (C=N–C) groups is 1. The second-order valence-corrected chi connectivity index (χ2v) is 5.03. The fraction of sp³-hybridized carbons (Fsp3) is 0.500. The van der Waals surface area contributed by atoms with Crippen LogP contribution in [0.25, 0.3) is 0 Å². The molecule has 0 aromatic heterocycles. The Labute approximate surface area is 103 Å². The Kier molecular flexibility index (Phi) is 3.65. The zero-order valence-electron chi connectivity index (χ0n) is 9.96. The minimum atomic E-state index is 0.617. The maximum Gasteiger partial charge on any atom is 0.0664 e. The molecule has 1 heterocycles. The van der Waals surface area contributed by atoms with E-state index in [2.05, 4.69) is 24.9 Å². The van der Waals surface area contributed by atoms with Gasteiger partial charge < -0.3 is 0 Å². The summed E-state index contributed by atoms with van der Waals surface area (Å²) in [6.07, 6.45) is 4.87. The summed E-state index contributed by atoms with van der Waals surface area (Å²) < 4.78 is 0. The minimum absolute atomic E-state index is 0.617. The number of halogens is 1. The average molecular weight is 236 g/mol. The molecule has 1 nitrogen and oxygen atoms in total. The number of fused-ring (bicyclic) bond motifs is 1. The highest BCUT2D eigenvalue weighted by Gasteiger charge is 2.20. The number of unbranched alkanes of at least 4 members (excludes halogenated alkanes) is 1. The summed E-state index contributed by atoms with van der Waals surface area (Å²) in [6.45, 7) is 4.36. The minimum Gasteiger partial charge on any atom is -0.258 e. The number of hydrogen-bond donors (Lipinski definition) is 0. The molecule has 0 aliphatic carbocycles. The van der Waals surface area contributed by atoms with E-state index in [4.69, 9.17) is 11.6 Å². The Bertz CT molecular complexity index is 409. The van der Waals surface area contributed by atoms with Gasteiger partial charge in [0.2, 0.25) is 0 Å². The Hall–Kier alpha value is -0.820. The van der Waals surface area contributed by atoms with E-state index in [1.54, 1.807) is 0 Å². The smallest absolute Gasteiger partial charge is 0.0664 e. The van der Waals surface area contributed by atoms with Gasteiger partial charge in [-0.25, -0.2) is 0 Å². The number of hydrogen-bond acceptors (Lipinski definition) is 1. The molecule has 1 aromatic carbocycles. The Morgan fingerprint density at radius 2 is 2.25 bits per heavy atom. The van der Waals surface area contributed by atoms with Crippen LogP contribution in [0, 0.1) is 0 Å². The van der Waals surface area contributed by atoms with Gasteiger partial charge in [-0.1, -0.05) is 31.4 Å². The second kappa shape index (κ2) is 5.01. The topological polar surface area (TPSA) is 12.4 Å². The fourth-order valence-corrected chi connectivity index (χ4v) is 2.56. The highest BCUT2D eigenvalue weighted by molar-refractivity contribution is 6.30. The third kappa shape index (κ3) is 2.46. The summed E-state index contributed by atoms with van der Waals surface area (Å²) in [5.74, 6) is 0.617. The first kappa shape index (κ1) is 11.7. The molecule has 0 saturated carbocycles. The van der Waals surface area contributed by atoms with Gasteiger partial charge in [-0.3, -0.25) is 4.99 Å². The maximum absolute atomic E-state index is 6.06. The molecule has 0 radical (unpaired) electrons. The molecule has 2 rings (SSSR count). The van der Waals surface area contributed by atoms with Crippen molar-refractivity contribution in [2.75, 3.05) is 0 Å². The Morgan fingerprint density at radius 3 is 3.00 bits per heavy atom. The first-order valence-corrected chi connectivity index (χ1v) is 6.42. The van der Waals surface area contributed by atoms with Crippen molar-refractivity contribution in [2.45, 2.75) is 45.4 Å². The standard InChI is InChI=1S/C14H18ClN/c1-3-4-5-11-8-10(2)16-14-7-6-12(15)9-13(11)14/h6-7,9,11H,3-5,8H2,1-2H3. The number of nitrogens with zero attached hydrogens (tertiary/aromatic N) is 1. The fourth-order valence-electron chi connectivity index (χ4n) is 2.38. The molecule has 2 heteroatoms. The molecule has 86 valence electrons. The van der Waals surface area contributed by atoms with Gasteiger partial charge in [0, 0.05) is 10.7 Å². The van der Waals surface area contributed by atoms with Crippen molar-refractivity contribution >= 4 is 23.0 Å². The van der Waals surface area contributed by atoms with Crippen LogP contribution in [-0.4, -0.2) is 5.71 Å². The van der Waals surface area contributed by atoms with Crippen molar-refractivity contribution in [3.8, 4) is 0 Å². The van der Waals surface area contributed by atoms with Crippen LogP contribution in [0.15, 0.2) is 23.2 Å². The van der Waals surface area contributed by atoms with Gasteiger partial charge in [0.1, 0.15) is 0 Å². The molecule has 0 saturated heterocycles. The highest BCUT2D eigenvalue weighted by Crippen LogP contribution is 2.38. The SMILES string of the molecule is CCCCC1CC(C)=Nc2ccc(Cl)cc21. The van der Waals surface area contributed by atoms with Crippen LogP contribution in [0.4, 0.5) is 5.69 Å². The van der Waals surface area contributed by atoms with Crippen molar-refractivity contribution in [2.24, 2.45) is 4.99 Å². The summed E-state index contributed by atoms with van der Waals surface area (Å²) in [5, 5.41) is 0.829. The molecule has 0 bridgehead atoms. The van der Waals surface area contributed by atoms with Crippen LogP contribution in [-0.2, 0) is 0 Å². The third-order valence-corrected chi connectivity index (χ3v) is 3.42. The Morgan fingerprint density at radius 1 is 1.44 bits per heavy atom. The molecule has 0 N–H and O–H groups in total. The highest BCUT2D eigenvalue weighted by atomic mass is 35.5. The van der Waals surface area contributed by atoms with Crippen LogP contribution < -0.4 is 0 Å². The molecule has 1 atom stereocenters. The molecule has 1 unspecified atom stereocenters. The van der Waals surface area contributed by atoms with Crippen molar-refractivity contribution < 1.29 is 0 Å². The van der Waals surface area contributed by atoms with E-state index in [1.165, 1.54) is 30.5 Å². The Balaban J connectivity index is 2.31. The van der Waals surface area contributed by atoms with Crippen molar-refractivity contribution in [3.63, 3.8) is 0 Å². The second-order valence-electron chi connectivity index (χ2n) is 4.59. The van der Waals surface area contributed by atoms with E-state index in [1.807, 2.05) is 12.1 Å². The maximum atomic E-state index is 6.06. The zero-order chi connectivity index (χ0) is 11.5. The van der Waals surface area contributed by atoms with Crippen LogP contribution in [0.3, 0.4) is 0 Å². The van der Waals surface area contributed by atoms with Gasteiger partial charge in [0.05, 0.1) is 5.69 Å². The lowest BCUT2D eigenvalue weighted by Crippen LogP contribution is -2.09. The molecule has 1 aliphatic heterocycles. The average Bonchev–Trinajstić information content (AvgIpc) is 2.26. The van der Waals surface area contributed by atoms with Gasteiger partial charge in [-0.15, -0.1) is 0 Å². The third-order valence-electron chi connectivity index (χ3n) is 3.19. The van der Waals surface area contributed by atoms with Crippen LogP contribution >= 0.6 is 11.6 Å². The van der Waals surface area contributed by atoms with Crippen LogP contribution in [0.1, 0.15) is 51.0 Å². The van der Waals surface area contributed by atoms with E-state index in [0.717, 1.165) is 17.1 Å². The number of rotatable bonds is 3. The molecule has 0 fully saturated rings. The largest absolute Gasteiger partial charge is 0.258 e. The summed E-state index contributed by atoms with van der Waals surface area (Å²) in [6, 6.07) is 6.06. The van der Waals surface area contributed by atoms with Crippen LogP contribution in [0.5, 0.6) is 0 Å². The number of benzene rings is 1. The van der Waals surface area contributed by atoms with Gasteiger partial charge in [-0.2, -0.15) is 0 Å². The lowest BCUT2D eigenvalue weighted by molar-refractivity contribution is 0.595. The summed E-state index contributed by atoms with van der Waals surface area (Å²) in [7, 11) is 0. The normalized spacial score (nSPS) is 19.2. The van der Waals surface area contributed by atoms with Crippen molar-refractivity contribution in [1.29, 1.82) is 0 Å². The van der Waals surface area contributed by atoms with Crippen LogP contribution in [0.2, 0.25) is 5.02 Å². The first-order chi connectivity index (χ1) is 7.70. The summed E-state index contributed by atoms with van der Waals surface area (Å²) in [5.41, 5.74) is 3.71. The summed E-state index contributed by atoms with van der Waals surface area (Å²) >= 11 is 6.06. The van der Waals surface area contributed by atoms with E-state index < -0.39 is 0 Å². The molecular formula is C14H18ClN. The van der Waals surface area contributed by atoms with E-state index in [9.17, 15) is 0 Å². The molecule has 1 aromatic rings. The van der Waals surface area contributed by atoms with E-state index in [0.29, 0.717) is 5.92 Å². The molecule has 1 aliphatic rings. The zero-order valence-corrected chi connectivity index (χ0v) is 10.7. The monoisotopic (exact) mass is 235 g/mol. The molecule has 0 spiro atoms. The van der Waals surface area contributed by atoms with E-state index >= 15 is 0 Å². The molecule has 16 heavy (non-hydrogen) atoms. The van der Waals surface area contributed by atoms with Crippen molar-refractivity contribution in [3.05, 3.63) is 28.8 Å². The van der Waals surface area contributed by atoms with Gasteiger partial charge in [-0.05, 0) is 49.4 Å². The molecular weight excluding hydrogens is 218 g/mol. The van der Waals surface area contributed by atoms with Gasteiger partial charge >= 0.3 is 0 Å². The van der Waals surface area contributed by atoms with Crippen molar-refractivity contribution in [1.82, 2.24) is 0 Å². The predicted molar refractivity (Wildman–Crippen MR) is 71.1 cm³/mol. The predicted octanol–water partition coefficient (Wildman–Crippen LogP) is 5.11. The van der Waals surface area contributed by atoms with E-state index in [-0.39, 0.29) is 0 Å². The lowest BCUT2D eigenvalue weighted by Gasteiger charge is -2.23. The van der Waals surface area contributed by atoms with Gasteiger partial charge in [0.15, 0.2) is 0 Å².